The van der Waals surface area contributed by atoms with E-state index in [2.05, 4.69) is 32.9 Å². The lowest BCUT2D eigenvalue weighted by atomic mass is 9.88. The highest BCUT2D eigenvalue weighted by atomic mass is 31.1. The van der Waals surface area contributed by atoms with Crippen LogP contribution in [0.1, 0.15) is 92.3 Å². The fraction of sp³-hybridized carbons (Fsp3) is 0.696. The summed E-state index contributed by atoms with van der Waals surface area (Å²) >= 11 is 0. The zero-order chi connectivity index (χ0) is 19.3. The zero-order valence-corrected chi connectivity index (χ0v) is 18.3. The van der Waals surface area contributed by atoms with Crippen LogP contribution in [0.5, 0.6) is 0 Å². The van der Waals surface area contributed by atoms with E-state index in [-0.39, 0.29) is 5.78 Å². The van der Waals surface area contributed by atoms with E-state index in [1.807, 2.05) is 13.8 Å². The van der Waals surface area contributed by atoms with Crippen LogP contribution >= 0.6 is 7.80 Å². The van der Waals surface area contributed by atoms with Gasteiger partial charge in [0.1, 0.15) is 5.16 Å². The van der Waals surface area contributed by atoms with Crippen LogP contribution in [0.15, 0.2) is 12.1 Å². The Morgan fingerprint density at radius 3 is 2.19 bits per heavy atom. The molecule has 0 spiro atoms. The van der Waals surface area contributed by atoms with Gasteiger partial charge in [0.05, 0.1) is 7.80 Å². The molecule has 0 aliphatic heterocycles. The molecule has 1 aliphatic carbocycles. The summed E-state index contributed by atoms with van der Waals surface area (Å²) in [4.78, 5) is 13.7. The Kier molecular flexibility index (Phi) is 7.59. The van der Waals surface area contributed by atoms with Gasteiger partial charge in [-0.3, -0.25) is 9.36 Å². The standard InChI is InChI=1S/C23H36O2P/c1-6-8-11-20(7-2)16-26(25)23(12-9-10-13-23)22(24)21-18(4)14-17(3)15-19(21)5/h14-15,20H,6-13,16H2,1-5H3. The van der Waals surface area contributed by atoms with Crippen LogP contribution in [-0.4, -0.2) is 17.1 Å². The summed E-state index contributed by atoms with van der Waals surface area (Å²) in [5.41, 5.74) is 4.11. The molecule has 2 rings (SSSR count). The number of carbonyl (C=O) groups is 1. The molecule has 145 valence electrons. The number of carbonyl (C=O) groups excluding carboxylic acids is 1. The quantitative estimate of drug-likeness (QED) is 0.339. The maximum atomic E-state index is 13.7. The maximum Gasteiger partial charge on any atom is 0.180 e. The van der Waals surface area contributed by atoms with E-state index in [1.165, 1.54) is 18.4 Å². The Morgan fingerprint density at radius 2 is 1.69 bits per heavy atom. The van der Waals surface area contributed by atoms with Gasteiger partial charge < -0.3 is 0 Å². The van der Waals surface area contributed by atoms with Crippen molar-refractivity contribution in [1.29, 1.82) is 0 Å². The average Bonchev–Trinajstić information content (AvgIpc) is 3.08. The second kappa shape index (κ2) is 9.27. The Balaban J connectivity index is 2.32. The summed E-state index contributed by atoms with van der Waals surface area (Å²) < 4.78 is 13.5. The number of hydrogen-bond donors (Lipinski definition) is 0. The molecule has 1 aromatic rings. The molecule has 0 amide bonds. The number of hydrogen-bond acceptors (Lipinski definition) is 2. The molecule has 1 aliphatic rings. The van der Waals surface area contributed by atoms with Crippen LogP contribution in [-0.2, 0) is 4.57 Å². The fourth-order valence-corrected chi connectivity index (χ4v) is 7.06. The molecule has 0 bridgehead atoms. The average molecular weight is 376 g/mol. The van der Waals surface area contributed by atoms with Gasteiger partial charge in [-0.15, -0.1) is 0 Å². The van der Waals surface area contributed by atoms with E-state index < -0.39 is 13.0 Å². The molecule has 0 aromatic heterocycles. The first kappa shape index (κ1) is 21.3. The Bertz CT molecular complexity index is 633. The highest BCUT2D eigenvalue weighted by Crippen LogP contribution is 2.54. The lowest BCUT2D eigenvalue weighted by Crippen LogP contribution is -2.34. The summed E-state index contributed by atoms with van der Waals surface area (Å²) in [7, 11) is -1.52. The lowest BCUT2D eigenvalue weighted by Gasteiger charge is -2.29. The Morgan fingerprint density at radius 1 is 1.12 bits per heavy atom. The SMILES string of the molecule is CCCCC(CC)C[P](=O)C1(C(=O)c2c(C)cc(C)cc2C)CCCC1. The van der Waals surface area contributed by atoms with Gasteiger partial charge in [-0.25, -0.2) is 0 Å². The summed E-state index contributed by atoms with van der Waals surface area (Å²) in [6, 6.07) is 4.18. The first-order valence-corrected chi connectivity index (χ1v) is 11.9. The second-order valence-corrected chi connectivity index (χ2v) is 10.3. The van der Waals surface area contributed by atoms with Crippen molar-refractivity contribution >= 4 is 13.6 Å². The van der Waals surface area contributed by atoms with Gasteiger partial charge >= 0.3 is 0 Å². The molecule has 2 nitrogen and oxygen atoms in total. The summed E-state index contributed by atoms with van der Waals surface area (Å²) in [6.07, 6.45) is 8.97. The minimum Gasteiger partial charge on any atom is -0.293 e. The summed E-state index contributed by atoms with van der Waals surface area (Å²) in [5, 5.41) is -0.611. The van der Waals surface area contributed by atoms with Gasteiger partial charge in [-0.05, 0) is 57.1 Å². The van der Waals surface area contributed by atoms with Crippen molar-refractivity contribution in [3.8, 4) is 0 Å². The van der Waals surface area contributed by atoms with Crippen molar-refractivity contribution in [2.45, 2.75) is 91.1 Å². The monoisotopic (exact) mass is 375 g/mol. The normalized spacial score (nSPS) is 18.0. The van der Waals surface area contributed by atoms with E-state index in [4.69, 9.17) is 0 Å². The van der Waals surface area contributed by atoms with Crippen LogP contribution in [0.4, 0.5) is 0 Å². The van der Waals surface area contributed by atoms with Crippen LogP contribution in [0.2, 0.25) is 0 Å². The molecule has 1 fully saturated rings. The number of unbranched alkanes of at least 4 members (excludes halogenated alkanes) is 1. The van der Waals surface area contributed by atoms with Crippen LogP contribution in [0.25, 0.3) is 0 Å². The van der Waals surface area contributed by atoms with Crippen molar-refractivity contribution in [1.82, 2.24) is 0 Å². The number of rotatable bonds is 9. The maximum absolute atomic E-state index is 13.7. The molecule has 1 aromatic carbocycles. The number of benzene rings is 1. The molecule has 0 saturated heterocycles. The summed E-state index contributed by atoms with van der Waals surface area (Å²) in [6.45, 7) is 10.5. The Hall–Kier alpha value is -1.01. The Labute approximate surface area is 160 Å². The lowest BCUT2D eigenvalue weighted by molar-refractivity contribution is 0.0938. The van der Waals surface area contributed by atoms with E-state index in [1.54, 1.807) is 0 Å². The van der Waals surface area contributed by atoms with Crippen molar-refractivity contribution in [3.05, 3.63) is 34.4 Å². The third-order valence-electron chi connectivity index (χ3n) is 6.20. The van der Waals surface area contributed by atoms with Crippen molar-refractivity contribution < 1.29 is 9.36 Å². The molecule has 1 radical (unpaired) electrons. The zero-order valence-electron chi connectivity index (χ0n) is 17.4. The van der Waals surface area contributed by atoms with Gasteiger partial charge in [0, 0.05) is 11.7 Å². The first-order valence-electron chi connectivity index (χ1n) is 10.4. The van der Waals surface area contributed by atoms with Crippen molar-refractivity contribution in [2.75, 3.05) is 6.16 Å². The smallest absolute Gasteiger partial charge is 0.180 e. The first-order chi connectivity index (χ1) is 12.4. The predicted molar refractivity (Wildman–Crippen MR) is 112 cm³/mol. The topological polar surface area (TPSA) is 34.1 Å². The van der Waals surface area contributed by atoms with E-state index in [0.717, 1.165) is 61.4 Å². The van der Waals surface area contributed by atoms with Gasteiger partial charge in [0.25, 0.3) is 0 Å². The molecular formula is C23H36O2P. The number of aryl methyl sites for hydroxylation is 3. The van der Waals surface area contributed by atoms with Crippen molar-refractivity contribution in [3.63, 3.8) is 0 Å². The summed E-state index contributed by atoms with van der Waals surface area (Å²) in [5.74, 6) is 0.653. The molecule has 1 saturated carbocycles. The van der Waals surface area contributed by atoms with Gasteiger partial charge in [-0.1, -0.05) is 63.6 Å². The molecule has 26 heavy (non-hydrogen) atoms. The van der Waals surface area contributed by atoms with Gasteiger partial charge in [-0.2, -0.15) is 0 Å². The highest BCUT2D eigenvalue weighted by molar-refractivity contribution is 7.48. The van der Waals surface area contributed by atoms with Gasteiger partial charge in [0.15, 0.2) is 5.78 Å². The molecule has 2 unspecified atom stereocenters. The van der Waals surface area contributed by atoms with E-state index in [0.29, 0.717) is 5.92 Å². The molecule has 2 atom stereocenters. The molecule has 0 heterocycles. The third kappa shape index (κ3) is 4.45. The molecule has 0 N–H and O–H groups in total. The van der Waals surface area contributed by atoms with Gasteiger partial charge in [0.2, 0.25) is 0 Å². The van der Waals surface area contributed by atoms with Crippen LogP contribution in [0.3, 0.4) is 0 Å². The third-order valence-corrected chi connectivity index (χ3v) is 8.66. The number of Topliss-reactive ketones (excluding diaryl/α,β-unsaturated/α-hetero) is 1. The van der Waals surface area contributed by atoms with Crippen LogP contribution < -0.4 is 0 Å². The molecular weight excluding hydrogens is 339 g/mol. The van der Waals surface area contributed by atoms with E-state index in [9.17, 15) is 9.36 Å². The second-order valence-electron chi connectivity index (χ2n) is 8.32. The predicted octanol–water partition coefficient (Wildman–Crippen LogP) is 7.15. The largest absolute Gasteiger partial charge is 0.293 e. The minimum atomic E-state index is -1.52. The van der Waals surface area contributed by atoms with Crippen LogP contribution in [0, 0.1) is 26.7 Å². The van der Waals surface area contributed by atoms with E-state index >= 15 is 0 Å². The molecule has 3 heteroatoms. The highest BCUT2D eigenvalue weighted by Gasteiger charge is 2.48. The fourth-order valence-electron chi connectivity index (χ4n) is 4.65. The van der Waals surface area contributed by atoms with Crippen molar-refractivity contribution in [2.24, 2.45) is 5.92 Å². The number of ketones is 1. The minimum absolute atomic E-state index is 0.163.